The molecular weight excluding hydrogens is 222 g/mol. The lowest BCUT2D eigenvalue weighted by atomic mass is 10.1. The Kier molecular flexibility index (Phi) is 2.93. The van der Waals surface area contributed by atoms with Crippen molar-refractivity contribution in [1.29, 1.82) is 0 Å². The topological polar surface area (TPSA) is 70.8 Å². The number of carbonyl (C=O) groups excluding carboxylic acids is 1. The van der Waals surface area contributed by atoms with Gasteiger partial charge in [0.05, 0.1) is 26.9 Å². The van der Waals surface area contributed by atoms with E-state index in [1.807, 2.05) is 0 Å². The van der Waals surface area contributed by atoms with Crippen LogP contribution in [-0.2, 0) is 0 Å². The Morgan fingerprint density at radius 1 is 1.18 bits per heavy atom. The second kappa shape index (κ2) is 4.25. The summed E-state index contributed by atoms with van der Waals surface area (Å²) in [5.74, 6) is 1.33. The number of Topliss-reactive ketones (excluding diaryl/α,β-unsaturated/α-hetero) is 1. The number of ether oxygens (including phenoxy) is 3. The molecule has 0 fully saturated rings. The molecule has 0 aliphatic heterocycles. The second-order valence-corrected chi connectivity index (χ2v) is 3.84. The maximum absolute atomic E-state index is 11.9. The van der Waals surface area contributed by atoms with Gasteiger partial charge in [0, 0.05) is 12.5 Å². The molecule has 0 saturated carbocycles. The van der Waals surface area contributed by atoms with Crippen molar-refractivity contribution in [2.24, 2.45) is 5.73 Å². The molecule has 1 aromatic carbocycles. The molecule has 92 valence electrons. The molecule has 0 saturated heterocycles. The van der Waals surface area contributed by atoms with E-state index in [0.29, 0.717) is 29.2 Å². The highest BCUT2D eigenvalue weighted by Gasteiger charge is 2.33. The molecule has 1 aromatic rings. The summed E-state index contributed by atoms with van der Waals surface area (Å²) in [7, 11) is 4.53. The van der Waals surface area contributed by atoms with Gasteiger partial charge in [0.25, 0.3) is 0 Å². The van der Waals surface area contributed by atoms with E-state index in [0.717, 1.165) is 5.56 Å². The highest BCUT2D eigenvalue weighted by Crippen LogP contribution is 2.47. The van der Waals surface area contributed by atoms with Gasteiger partial charge in [0.1, 0.15) is 0 Å². The van der Waals surface area contributed by atoms with Crippen LogP contribution in [0.4, 0.5) is 0 Å². The smallest absolute Gasteiger partial charge is 0.204 e. The monoisotopic (exact) mass is 237 g/mol. The minimum atomic E-state index is -0.300. The van der Waals surface area contributed by atoms with Crippen LogP contribution < -0.4 is 19.9 Å². The summed E-state index contributed by atoms with van der Waals surface area (Å²) in [5.41, 5.74) is 7.17. The molecule has 2 rings (SSSR count). The summed E-state index contributed by atoms with van der Waals surface area (Å²) >= 11 is 0. The Bertz CT molecular complexity index is 470. The highest BCUT2D eigenvalue weighted by molar-refractivity contribution is 6.05. The number of ketones is 1. The minimum Gasteiger partial charge on any atom is -0.493 e. The van der Waals surface area contributed by atoms with Crippen molar-refractivity contribution in [2.45, 2.75) is 12.5 Å². The van der Waals surface area contributed by atoms with Crippen LogP contribution in [0.5, 0.6) is 17.2 Å². The average Bonchev–Trinajstić information content (AvgIpc) is 2.62. The number of nitrogens with two attached hydrogens (primary N) is 1. The summed E-state index contributed by atoms with van der Waals surface area (Å²) < 4.78 is 15.7. The Morgan fingerprint density at radius 2 is 1.82 bits per heavy atom. The first-order chi connectivity index (χ1) is 8.13. The average molecular weight is 237 g/mol. The number of hydrogen-bond donors (Lipinski definition) is 1. The molecule has 1 unspecified atom stereocenters. The Balaban J connectivity index is 2.73. The lowest BCUT2D eigenvalue weighted by Gasteiger charge is -2.16. The van der Waals surface area contributed by atoms with E-state index in [9.17, 15) is 4.79 Å². The first kappa shape index (κ1) is 11.7. The zero-order chi connectivity index (χ0) is 12.6. The number of benzene rings is 1. The molecule has 0 heterocycles. The zero-order valence-electron chi connectivity index (χ0n) is 10.1. The maximum Gasteiger partial charge on any atom is 0.204 e. The van der Waals surface area contributed by atoms with Crippen LogP contribution in [-0.4, -0.2) is 27.1 Å². The number of rotatable bonds is 3. The molecule has 0 bridgehead atoms. The van der Waals surface area contributed by atoms with Crippen LogP contribution in [0.3, 0.4) is 0 Å². The molecule has 0 spiro atoms. The van der Waals surface area contributed by atoms with Gasteiger partial charge < -0.3 is 19.9 Å². The van der Waals surface area contributed by atoms with Crippen LogP contribution in [0.15, 0.2) is 6.07 Å². The molecule has 0 aromatic heterocycles. The summed E-state index contributed by atoms with van der Waals surface area (Å²) in [6.45, 7) is 0. The zero-order valence-corrected chi connectivity index (χ0v) is 10.1. The SMILES string of the molecule is COc1cc2c(c(OC)c1OC)C(=O)CC2N. The van der Waals surface area contributed by atoms with Crippen molar-refractivity contribution in [3.05, 3.63) is 17.2 Å². The van der Waals surface area contributed by atoms with Gasteiger partial charge in [-0.3, -0.25) is 4.79 Å². The van der Waals surface area contributed by atoms with Crippen LogP contribution in [0.1, 0.15) is 28.4 Å². The predicted molar refractivity (Wildman–Crippen MR) is 62.0 cm³/mol. The molecule has 1 aliphatic rings. The Hall–Kier alpha value is -1.75. The normalized spacial score (nSPS) is 17.9. The summed E-state index contributed by atoms with van der Waals surface area (Å²) in [4.78, 5) is 11.9. The molecule has 0 radical (unpaired) electrons. The minimum absolute atomic E-state index is 0.0229. The van der Waals surface area contributed by atoms with Crippen LogP contribution in [0.2, 0.25) is 0 Å². The van der Waals surface area contributed by atoms with Gasteiger partial charge >= 0.3 is 0 Å². The number of hydrogen-bond acceptors (Lipinski definition) is 5. The third kappa shape index (κ3) is 1.63. The van der Waals surface area contributed by atoms with Crippen molar-refractivity contribution in [3.63, 3.8) is 0 Å². The predicted octanol–water partition coefficient (Wildman–Crippen LogP) is 1.30. The molecular formula is C12H15NO4. The van der Waals surface area contributed by atoms with Crippen LogP contribution in [0, 0.1) is 0 Å². The van der Waals surface area contributed by atoms with Crippen LogP contribution in [0.25, 0.3) is 0 Å². The highest BCUT2D eigenvalue weighted by atomic mass is 16.5. The van der Waals surface area contributed by atoms with E-state index >= 15 is 0 Å². The third-order valence-electron chi connectivity index (χ3n) is 2.94. The van der Waals surface area contributed by atoms with Crippen molar-refractivity contribution < 1.29 is 19.0 Å². The molecule has 5 heteroatoms. The molecule has 1 atom stereocenters. The quantitative estimate of drug-likeness (QED) is 0.858. The van der Waals surface area contributed by atoms with Crippen LogP contribution >= 0.6 is 0 Å². The first-order valence-electron chi connectivity index (χ1n) is 5.25. The number of fused-ring (bicyclic) bond motifs is 1. The largest absolute Gasteiger partial charge is 0.493 e. The summed E-state index contributed by atoms with van der Waals surface area (Å²) in [5, 5.41) is 0. The Labute approximate surface area is 99.5 Å². The lowest BCUT2D eigenvalue weighted by molar-refractivity contribution is 0.0986. The first-order valence-corrected chi connectivity index (χ1v) is 5.25. The molecule has 5 nitrogen and oxygen atoms in total. The van der Waals surface area contributed by atoms with Gasteiger partial charge in [-0.25, -0.2) is 0 Å². The van der Waals surface area contributed by atoms with Crippen molar-refractivity contribution in [2.75, 3.05) is 21.3 Å². The van der Waals surface area contributed by atoms with Gasteiger partial charge in [-0.05, 0) is 11.6 Å². The fraction of sp³-hybridized carbons (Fsp3) is 0.417. The molecule has 2 N–H and O–H groups in total. The van der Waals surface area contributed by atoms with Crippen molar-refractivity contribution in [1.82, 2.24) is 0 Å². The third-order valence-corrected chi connectivity index (χ3v) is 2.94. The van der Waals surface area contributed by atoms with Crippen molar-refractivity contribution in [3.8, 4) is 17.2 Å². The van der Waals surface area contributed by atoms with E-state index in [-0.39, 0.29) is 11.8 Å². The van der Waals surface area contributed by atoms with E-state index in [1.165, 1.54) is 21.3 Å². The molecule has 1 aliphatic carbocycles. The number of carbonyl (C=O) groups is 1. The fourth-order valence-corrected chi connectivity index (χ4v) is 2.17. The lowest BCUT2D eigenvalue weighted by Crippen LogP contribution is -2.06. The van der Waals surface area contributed by atoms with Gasteiger partial charge in [0.2, 0.25) is 5.75 Å². The standard InChI is InChI=1S/C12H15NO4/c1-15-9-4-6-7(13)5-8(14)10(6)12(17-3)11(9)16-2/h4,7H,5,13H2,1-3H3. The summed E-state index contributed by atoms with van der Waals surface area (Å²) in [6.07, 6.45) is 0.294. The molecule has 0 amide bonds. The van der Waals surface area contributed by atoms with Gasteiger partial charge in [-0.1, -0.05) is 0 Å². The van der Waals surface area contributed by atoms with Crippen molar-refractivity contribution >= 4 is 5.78 Å². The van der Waals surface area contributed by atoms with Gasteiger partial charge in [-0.15, -0.1) is 0 Å². The van der Waals surface area contributed by atoms with E-state index < -0.39 is 0 Å². The second-order valence-electron chi connectivity index (χ2n) is 3.84. The molecule has 17 heavy (non-hydrogen) atoms. The van der Waals surface area contributed by atoms with E-state index in [1.54, 1.807) is 6.07 Å². The summed E-state index contributed by atoms with van der Waals surface area (Å²) in [6, 6.07) is 1.44. The Morgan fingerprint density at radius 3 is 2.35 bits per heavy atom. The maximum atomic E-state index is 11.9. The van der Waals surface area contributed by atoms with E-state index in [2.05, 4.69) is 0 Å². The van der Waals surface area contributed by atoms with E-state index in [4.69, 9.17) is 19.9 Å². The fourth-order valence-electron chi connectivity index (χ4n) is 2.17. The van der Waals surface area contributed by atoms with Gasteiger partial charge in [0.15, 0.2) is 17.3 Å². The number of methoxy groups -OCH3 is 3. The van der Waals surface area contributed by atoms with Gasteiger partial charge in [-0.2, -0.15) is 0 Å².